The van der Waals surface area contributed by atoms with Crippen molar-refractivity contribution in [1.29, 1.82) is 0 Å². The lowest BCUT2D eigenvalue weighted by Gasteiger charge is -2.39. The maximum absolute atomic E-state index is 12.5. The zero-order valence-corrected chi connectivity index (χ0v) is 17.6. The number of carbonyl (C=O) groups excluding carboxylic acids is 1. The van der Waals surface area contributed by atoms with Crippen molar-refractivity contribution in [1.82, 2.24) is 15.1 Å². The summed E-state index contributed by atoms with van der Waals surface area (Å²) in [6.07, 6.45) is 4.50. The van der Waals surface area contributed by atoms with E-state index in [1.807, 2.05) is 6.92 Å². The van der Waals surface area contributed by atoms with Gasteiger partial charge in [0.15, 0.2) is 0 Å². The third-order valence-corrected chi connectivity index (χ3v) is 6.83. The molecule has 3 fully saturated rings. The summed E-state index contributed by atoms with van der Waals surface area (Å²) in [5, 5.41) is 3.13. The van der Waals surface area contributed by atoms with E-state index in [2.05, 4.69) is 45.4 Å². The summed E-state index contributed by atoms with van der Waals surface area (Å²) in [5.74, 6) is 0.106. The summed E-state index contributed by atoms with van der Waals surface area (Å²) >= 11 is 0. The number of likely N-dealkylation sites (tertiary alicyclic amines) is 1. The molecule has 0 aromatic heterocycles. The highest BCUT2D eigenvalue weighted by Gasteiger charge is 2.42. The molecule has 3 aliphatic rings. The fourth-order valence-corrected chi connectivity index (χ4v) is 4.86. The number of nitrogens with one attached hydrogen (secondary N) is 1. The van der Waals surface area contributed by atoms with Crippen LogP contribution in [0.15, 0.2) is 30.3 Å². The molecule has 29 heavy (non-hydrogen) atoms. The Labute approximate surface area is 174 Å². The van der Waals surface area contributed by atoms with Gasteiger partial charge >= 0.3 is 0 Å². The van der Waals surface area contributed by atoms with Crippen molar-refractivity contribution in [3.05, 3.63) is 35.9 Å². The summed E-state index contributed by atoms with van der Waals surface area (Å²) in [6.45, 7) is 8.90. The number of ether oxygens (including phenoxy) is 2. The molecule has 1 spiro atoms. The molecule has 0 unspecified atom stereocenters. The lowest BCUT2D eigenvalue weighted by atomic mass is 9.88. The van der Waals surface area contributed by atoms with E-state index in [1.165, 1.54) is 5.56 Å². The van der Waals surface area contributed by atoms with E-state index >= 15 is 0 Å². The Balaban J connectivity index is 1.19. The quantitative estimate of drug-likeness (QED) is 0.791. The van der Waals surface area contributed by atoms with Crippen LogP contribution in [0.25, 0.3) is 0 Å². The predicted molar refractivity (Wildman–Crippen MR) is 113 cm³/mol. The van der Waals surface area contributed by atoms with Crippen LogP contribution in [0.3, 0.4) is 0 Å². The summed E-state index contributed by atoms with van der Waals surface area (Å²) in [4.78, 5) is 17.3. The standard InChI is InChI=1S/C23H35N3O3/c1-19(26-13-15-28-16-14-26)22(27)24-17-21-7-8-23(29-21)9-11-25(12-10-23)18-20-5-3-2-4-6-20/h2-6,19,21H,7-18H2,1H3,(H,24,27)/t19-,21+/m1/s1. The Bertz CT molecular complexity index is 655. The van der Waals surface area contributed by atoms with Crippen molar-refractivity contribution in [2.75, 3.05) is 45.9 Å². The molecule has 160 valence electrons. The van der Waals surface area contributed by atoms with E-state index in [0.717, 1.165) is 58.4 Å². The summed E-state index contributed by atoms with van der Waals surface area (Å²) in [5.41, 5.74) is 1.41. The van der Waals surface area contributed by atoms with Gasteiger partial charge in [-0.15, -0.1) is 0 Å². The molecule has 6 nitrogen and oxygen atoms in total. The fraction of sp³-hybridized carbons (Fsp3) is 0.696. The molecule has 0 bridgehead atoms. The van der Waals surface area contributed by atoms with Gasteiger partial charge in [-0.05, 0) is 38.2 Å². The van der Waals surface area contributed by atoms with Crippen molar-refractivity contribution >= 4 is 5.91 Å². The second-order valence-corrected chi connectivity index (χ2v) is 8.79. The minimum Gasteiger partial charge on any atom is -0.379 e. The molecule has 3 aliphatic heterocycles. The number of piperidine rings is 1. The number of amides is 1. The third-order valence-electron chi connectivity index (χ3n) is 6.83. The molecule has 0 radical (unpaired) electrons. The molecule has 3 saturated heterocycles. The number of carbonyl (C=O) groups is 1. The van der Waals surface area contributed by atoms with Gasteiger partial charge in [0.05, 0.1) is 31.0 Å². The molecule has 4 rings (SSSR count). The largest absolute Gasteiger partial charge is 0.379 e. The van der Waals surface area contributed by atoms with Crippen molar-refractivity contribution in [2.45, 2.75) is 56.9 Å². The summed E-state index contributed by atoms with van der Waals surface area (Å²) in [6, 6.07) is 10.6. The van der Waals surface area contributed by atoms with Crippen LogP contribution in [-0.4, -0.2) is 79.4 Å². The molecule has 1 aromatic carbocycles. The zero-order valence-electron chi connectivity index (χ0n) is 17.6. The van der Waals surface area contributed by atoms with Gasteiger partial charge in [0.2, 0.25) is 5.91 Å². The Morgan fingerprint density at radius 3 is 2.59 bits per heavy atom. The maximum atomic E-state index is 12.5. The number of rotatable bonds is 6. The molecule has 0 aliphatic carbocycles. The van der Waals surface area contributed by atoms with E-state index < -0.39 is 0 Å². The van der Waals surface area contributed by atoms with Crippen LogP contribution in [0.1, 0.15) is 38.2 Å². The third kappa shape index (κ3) is 5.37. The summed E-state index contributed by atoms with van der Waals surface area (Å²) in [7, 11) is 0. The van der Waals surface area contributed by atoms with Crippen LogP contribution in [0.5, 0.6) is 0 Å². The average Bonchev–Trinajstić information content (AvgIpc) is 3.17. The monoisotopic (exact) mass is 401 g/mol. The minimum atomic E-state index is -0.101. The lowest BCUT2D eigenvalue weighted by molar-refractivity contribution is -0.129. The number of hydrogen-bond acceptors (Lipinski definition) is 5. The highest BCUT2D eigenvalue weighted by molar-refractivity contribution is 5.81. The van der Waals surface area contributed by atoms with Crippen LogP contribution in [-0.2, 0) is 20.8 Å². The Kier molecular flexibility index (Phi) is 6.85. The van der Waals surface area contributed by atoms with Crippen LogP contribution >= 0.6 is 0 Å². The van der Waals surface area contributed by atoms with Crippen LogP contribution in [0.4, 0.5) is 0 Å². The lowest BCUT2D eigenvalue weighted by Crippen LogP contribution is -2.51. The van der Waals surface area contributed by atoms with Crippen LogP contribution in [0.2, 0.25) is 0 Å². The second-order valence-electron chi connectivity index (χ2n) is 8.79. The topological polar surface area (TPSA) is 54.0 Å². The van der Waals surface area contributed by atoms with Gasteiger partial charge < -0.3 is 14.8 Å². The zero-order chi connectivity index (χ0) is 20.1. The van der Waals surface area contributed by atoms with Crippen LogP contribution < -0.4 is 5.32 Å². The molecular formula is C23H35N3O3. The average molecular weight is 402 g/mol. The smallest absolute Gasteiger partial charge is 0.237 e. The van der Waals surface area contributed by atoms with E-state index in [-0.39, 0.29) is 23.7 Å². The number of morpholine rings is 1. The molecule has 6 heteroatoms. The number of nitrogens with zero attached hydrogens (tertiary/aromatic N) is 2. The molecule has 1 aromatic rings. The molecule has 0 saturated carbocycles. The maximum Gasteiger partial charge on any atom is 0.237 e. The first-order valence-corrected chi connectivity index (χ1v) is 11.2. The normalized spacial score (nSPS) is 26.4. The van der Waals surface area contributed by atoms with Gasteiger partial charge in [-0.3, -0.25) is 14.6 Å². The SMILES string of the molecule is C[C@H](C(=O)NC[C@@H]1CCC2(CCN(Cc3ccccc3)CC2)O1)N1CCOCC1. The molecular weight excluding hydrogens is 366 g/mol. The van der Waals surface area contributed by atoms with Crippen molar-refractivity contribution in [3.63, 3.8) is 0 Å². The first-order chi connectivity index (χ1) is 14.1. The van der Waals surface area contributed by atoms with Gasteiger partial charge in [-0.1, -0.05) is 30.3 Å². The highest BCUT2D eigenvalue weighted by Crippen LogP contribution is 2.39. The van der Waals surface area contributed by atoms with Crippen LogP contribution in [0, 0.1) is 0 Å². The van der Waals surface area contributed by atoms with Crippen molar-refractivity contribution < 1.29 is 14.3 Å². The highest BCUT2D eigenvalue weighted by atomic mass is 16.5. The Hall–Kier alpha value is -1.47. The predicted octanol–water partition coefficient (Wildman–Crippen LogP) is 2.04. The Morgan fingerprint density at radius 1 is 1.14 bits per heavy atom. The van der Waals surface area contributed by atoms with E-state index in [0.29, 0.717) is 19.8 Å². The minimum absolute atomic E-state index is 0.0262. The van der Waals surface area contributed by atoms with Gasteiger partial charge in [0, 0.05) is 39.3 Å². The first-order valence-electron chi connectivity index (χ1n) is 11.2. The fourth-order valence-electron chi connectivity index (χ4n) is 4.86. The first kappa shape index (κ1) is 20.8. The van der Waals surface area contributed by atoms with E-state index in [4.69, 9.17) is 9.47 Å². The van der Waals surface area contributed by atoms with Crippen molar-refractivity contribution in [3.8, 4) is 0 Å². The van der Waals surface area contributed by atoms with Crippen molar-refractivity contribution in [2.24, 2.45) is 0 Å². The van der Waals surface area contributed by atoms with Gasteiger partial charge in [-0.2, -0.15) is 0 Å². The van der Waals surface area contributed by atoms with Gasteiger partial charge in [0.25, 0.3) is 0 Å². The summed E-state index contributed by atoms with van der Waals surface area (Å²) < 4.78 is 11.9. The molecule has 1 amide bonds. The van der Waals surface area contributed by atoms with E-state index in [9.17, 15) is 4.79 Å². The van der Waals surface area contributed by atoms with E-state index in [1.54, 1.807) is 0 Å². The number of benzene rings is 1. The van der Waals surface area contributed by atoms with Gasteiger partial charge in [0.1, 0.15) is 0 Å². The van der Waals surface area contributed by atoms with Gasteiger partial charge in [-0.25, -0.2) is 0 Å². The molecule has 1 N–H and O–H groups in total. The molecule has 3 heterocycles. The second kappa shape index (κ2) is 9.56. The molecule has 2 atom stereocenters. The number of hydrogen-bond donors (Lipinski definition) is 1. The Morgan fingerprint density at radius 2 is 1.86 bits per heavy atom.